The van der Waals surface area contributed by atoms with Gasteiger partial charge in [0.2, 0.25) is 11.8 Å². The number of rotatable bonds is 2. The Labute approximate surface area is 77.5 Å². The predicted octanol–water partition coefficient (Wildman–Crippen LogP) is -1.36. The maximum Gasteiger partial charge on any atom is 0.236 e. The molecule has 0 aromatic carbocycles. The third kappa shape index (κ3) is 3.02. The van der Waals surface area contributed by atoms with Gasteiger partial charge in [0, 0.05) is 20.1 Å². The van der Waals surface area contributed by atoms with Crippen molar-refractivity contribution in [3.05, 3.63) is 0 Å². The molecule has 0 saturated carbocycles. The zero-order chi connectivity index (χ0) is 9.84. The van der Waals surface area contributed by atoms with Crippen LogP contribution in [0.3, 0.4) is 0 Å². The molecule has 5 nitrogen and oxygen atoms in total. The second-order valence-electron chi connectivity index (χ2n) is 3.35. The molecule has 1 rings (SSSR count). The summed E-state index contributed by atoms with van der Waals surface area (Å²) in [5, 5.41) is 0. The van der Waals surface area contributed by atoms with Crippen molar-refractivity contribution >= 4 is 11.8 Å². The van der Waals surface area contributed by atoms with E-state index in [0.717, 1.165) is 19.5 Å². The summed E-state index contributed by atoms with van der Waals surface area (Å²) in [4.78, 5) is 25.4. The lowest BCUT2D eigenvalue weighted by Crippen LogP contribution is -2.39. The number of carbonyl (C=O) groups is 2. The second kappa shape index (κ2) is 4.23. The molecule has 1 fully saturated rings. The zero-order valence-corrected chi connectivity index (χ0v) is 7.82. The lowest BCUT2D eigenvalue weighted by atomic mass is 10.4. The first-order chi connectivity index (χ1) is 6.09. The molecule has 0 radical (unpaired) electrons. The number of carbonyl (C=O) groups excluding carboxylic acids is 2. The molecule has 0 aliphatic carbocycles. The van der Waals surface area contributed by atoms with E-state index in [1.54, 1.807) is 16.8 Å². The van der Waals surface area contributed by atoms with Gasteiger partial charge in [-0.1, -0.05) is 0 Å². The molecule has 2 amide bonds. The van der Waals surface area contributed by atoms with E-state index < -0.39 is 0 Å². The molecular formula is C8H15N3O2. The van der Waals surface area contributed by atoms with E-state index in [9.17, 15) is 9.59 Å². The Morgan fingerprint density at radius 3 is 2.85 bits per heavy atom. The van der Waals surface area contributed by atoms with Gasteiger partial charge in [-0.3, -0.25) is 14.5 Å². The maximum atomic E-state index is 11.3. The Hall–Kier alpha value is -1.10. The van der Waals surface area contributed by atoms with E-state index >= 15 is 0 Å². The summed E-state index contributed by atoms with van der Waals surface area (Å²) >= 11 is 0. The van der Waals surface area contributed by atoms with Gasteiger partial charge < -0.3 is 10.6 Å². The highest BCUT2D eigenvalue weighted by atomic mass is 16.2. The summed E-state index contributed by atoms with van der Waals surface area (Å²) < 4.78 is 0. The largest absolute Gasteiger partial charge is 0.369 e. The topological polar surface area (TPSA) is 66.6 Å². The van der Waals surface area contributed by atoms with Crippen molar-refractivity contribution in [2.24, 2.45) is 5.73 Å². The van der Waals surface area contributed by atoms with Gasteiger partial charge in [-0.2, -0.15) is 0 Å². The van der Waals surface area contributed by atoms with E-state index in [4.69, 9.17) is 5.73 Å². The molecule has 74 valence electrons. The zero-order valence-electron chi connectivity index (χ0n) is 7.82. The lowest BCUT2D eigenvalue weighted by Gasteiger charge is -2.16. The van der Waals surface area contributed by atoms with Crippen LogP contribution in [0.5, 0.6) is 0 Å². The highest BCUT2D eigenvalue weighted by Gasteiger charge is 2.19. The van der Waals surface area contributed by atoms with E-state index in [1.807, 2.05) is 0 Å². The van der Waals surface area contributed by atoms with Crippen LogP contribution in [0, 0.1) is 0 Å². The van der Waals surface area contributed by atoms with Crippen LogP contribution in [-0.2, 0) is 9.59 Å². The highest BCUT2D eigenvalue weighted by molar-refractivity contribution is 5.80. The number of hydrogen-bond acceptors (Lipinski definition) is 3. The van der Waals surface area contributed by atoms with E-state index in [0.29, 0.717) is 6.54 Å². The molecule has 0 aromatic heterocycles. The quantitative estimate of drug-likeness (QED) is 0.577. The summed E-state index contributed by atoms with van der Waals surface area (Å²) in [6.07, 6.45) is 0.898. The standard InChI is InChI=1S/C8H15N3O2/c1-10-3-2-4-11(5-7(9)12)6-8(10)13/h2-6H2,1H3,(H2,9,12). The normalized spacial score (nSPS) is 20.1. The minimum absolute atomic E-state index is 0.0544. The summed E-state index contributed by atoms with van der Waals surface area (Å²) in [5.41, 5.74) is 5.05. The predicted molar refractivity (Wildman–Crippen MR) is 47.9 cm³/mol. The van der Waals surface area contributed by atoms with Crippen molar-refractivity contribution in [3.63, 3.8) is 0 Å². The average Bonchev–Trinajstić information content (AvgIpc) is 2.14. The summed E-state index contributed by atoms with van der Waals surface area (Å²) in [5.74, 6) is -0.323. The number of primary amides is 1. The van der Waals surface area contributed by atoms with Crippen molar-refractivity contribution in [1.82, 2.24) is 9.80 Å². The molecule has 1 saturated heterocycles. The minimum Gasteiger partial charge on any atom is -0.369 e. The molecule has 13 heavy (non-hydrogen) atoms. The monoisotopic (exact) mass is 185 g/mol. The van der Waals surface area contributed by atoms with Gasteiger partial charge in [0.25, 0.3) is 0 Å². The van der Waals surface area contributed by atoms with E-state index in [1.165, 1.54) is 0 Å². The van der Waals surface area contributed by atoms with E-state index in [2.05, 4.69) is 0 Å². The minimum atomic E-state index is -0.377. The first kappa shape index (κ1) is 9.98. The Morgan fingerprint density at radius 1 is 1.54 bits per heavy atom. The SMILES string of the molecule is CN1CCCN(CC(N)=O)CC1=O. The first-order valence-corrected chi connectivity index (χ1v) is 4.34. The molecule has 1 aliphatic rings. The molecule has 0 spiro atoms. The number of nitrogens with two attached hydrogens (primary N) is 1. The van der Waals surface area contributed by atoms with Gasteiger partial charge in [0.1, 0.15) is 0 Å². The fourth-order valence-corrected chi connectivity index (χ4v) is 1.40. The molecule has 0 aromatic rings. The Morgan fingerprint density at radius 2 is 2.23 bits per heavy atom. The van der Waals surface area contributed by atoms with E-state index in [-0.39, 0.29) is 18.4 Å². The second-order valence-corrected chi connectivity index (χ2v) is 3.35. The van der Waals surface area contributed by atoms with Crippen molar-refractivity contribution in [1.29, 1.82) is 0 Å². The molecule has 1 heterocycles. The van der Waals surface area contributed by atoms with Crippen molar-refractivity contribution in [2.75, 3.05) is 33.2 Å². The van der Waals surface area contributed by atoms with Crippen molar-refractivity contribution in [3.8, 4) is 0 Å². The van der Waals surface area contributed by atoms with Crippen LogP contribution >= 0.6 is 0 Å². The smallest absolute Gasteiger partial charge is 0.236 e. The Bertz CT molecular complexity index is 217. The third-order valence-electron chi connectivity index (χ3n) is 2.13. The van der Waals surface area contributed by atoms with Crippen molar-refractivity contribution in [2.45, 2.75) is 6.42 Å². The first-order valence-electron chi connectivity index (χ1n) is 4.34. The third-order valence-corrected chi connectivity index (χ3v) is 2.13. The van der Waals surface area contributed by atoms with Gasteiger partial charge in [-0.05, 0) is 6.42 Å². The van der Waals surface area contributed by atoms with Gasteiger partial charge in [0.15, 0.2) is 0 Å². The highest BCUT2D eigenvalue weighted by Crippen LogP contribution is 2.01. The number of hydrogen-bond donors (Lipinski definition) is 1. The van der Waals surface area contributed by atoms with Crippen LogP contribution in [0.1, 0.15) is 6.42 Å². The van der Waals surface area contributed by atoms with Crippen LogP contribution in [0.2, 0.25) is 0 Å². The maximum absolute atomic E-state index is 11.3. The summed E-state index contributed by atoms with van der Waals surface area (Å²) in [7, 11) is 1.77. The summed E-state index contributed by atoms with van der Waals surface area (Å²) in [6, 6.07) is 0. The van der Waals surface area contributed by atoms with Crippen LogP contribution in [-0.4, -0.2) is 54.8 Å². The van der Waals surface area contributed by atoms with Crippen molar-refractivity contribution < 1.29 is 9.59 Å². The van der Waals surface area contributed by atoms with Gasteiger partial charge in [-0.25, -0.2) is 0 Å². The number of nitrogens with zero attached hydrogens (tertiary/aromatic N) is 2. The summed E-state index contributed by atoms with van der Waals surface area (Å²) in [6.45, 7) is 2.01. The number of likely N-dealkylation sites (N-methyl/N-ethyl adjacent to an activating group) is 1. The molecule has 0 unspecified atom stereocenters. The molecular weight excluding hydrogens is 170 g/mol. The van der Waals surface area contributed by atoms with Crippen LogP contribution in [0.15, 0.2) is 0 Å². The van der Waals surface area contributed by atoms with Crippen LogP contribution in [0.4, 0.5) is 0 Å². The molecule has 1 aliphatic heterocycles. The molecule has 0 atom stereocenters. The number of amides is 2. The van der Waals surface area contributed by atoms with Gasteiger partial charge in [-0.15, -0.1) is 0 Å². The van der Waals surface area contributed by atoms with Gasteiger partial charge in [0.05, 0.1) is 13.1 Å². The Kier molecular flexibility index (Phi) is 3.25. The fraction of sp³-hybridized carbons (Fsp3) is 0.750. The average molecular weight is 185 g/mol. The Balaban J connectivity index is 2.49. The molecule has 2 N–H and O–H groups in total. The van der Waals surface area contributed by atoms with Crippen LogP contribution < -0.4 is 5.73 Å². The van der Waals surface area contributed by atoms with Crippen LogP contribution in [0.25, 0.3) is 0 Å². The molecule has 5 heteroatoms. The fourth-order valence-electron chi connectivity index (χ4n) is 1.40. The lowest BCUT2D eigenvalue weighted by molar-refractivity contribution is -0.130. The molecule has 0 bridgehead atoms. The van der Waals surface area contributed by atoms with Gasteiger partial charge >= 0.3 is 0 Å².